The van der Waals surface area contributed by atoms with E-state index in [0.29, 0.717) is 11.0 Å². The average molecular weight is 338 g/mol. The lowest BCUT2D eigenvalue weighted by molar-refractivity contribution is 1.17. The van der Waals surface area contributed by atoms with Crippen molar-refractivity contribution in [3.63, 3.8) is 0 Å². The molecular weight excluding hydrogens is 326 g/mol. The maximum Gasteiger partial charge on any atom is 0.227 e. The van der Waals surface area contributed by atoms with Crippen molar-refractivity contribution in [2.75, 3.05) is 5.32 Å². The number of anilines is 2. The first kappa shape index (κ1) is 14.2. The van der Waals surface area contributed by atoms with Crippen LogP contribution in [0.5, 0.6) is 0 Å². The van der Waals surface area contributed by atoms with E-state index in [1.165, 1.54) is 10.1 Å². The van der Waals surface area contributed by atoms with E-state index in [1.807, 2.05) is 42.5 Å². The van der Waals surface area contributed by atoms with E-state index in [0.717, 1.165) is 16.3 Å². The molecule has 112 valence electrons. The first-order valence-electron chi connectivity index (χ1n) is 7.13. The van der Waals surface area contributed by atoms with Crippen molar-refractivity contribution in [3.8, 4) is 10.6 Å². The molecule has 0 amide bonds. The zero-order valence-electron chi connectivity index (χ0n) is 12.0. The van der Waals surface area contributed by atoms with Gasteiger partial charge in [-0.25, -0.2) is 9.97 Å². The largest absolute Gasteiger partial charge is 0.323 e. The maximum absolute atomic E-state index is 6.17. The Labute approximate surface area is 142 Å². The number of halogens is 1. The summed E-state index contributed by atoms with van der Waals surface area (Å²) in [5, 5.41) is 5.04. The van der Waals surface area contributed by atoms with Crippen LogP contribution in [0.1, 0.15) is 0 Å². The highest BCUT2D eigenvalue weighted by molar-refractivity contribution is 7.22. The molecule has 0 spiro atoms. The molecule has 5 heteroatoms. The maximum atomic E-state index is 6.17. The minimum absolute atomic E-state index is 0.535. The van der Waals surface area contributed by atoms with E-state index in [4.69, 9.17) is 11.6 Å². The molecule has 0 aliphatic carbocycles. The molecule has 0 saturated carbocycles. The summed E-state index contributed by atoms with van der Waals surface area (Å²) in [4.78, 5) is 10.0. The zero-order valence-corrected chi connectivity index (χ0v) is 13.6. The van der Waals surface area contributed by atoms with E-state index in [1.54, 1.807) is 17.5 Å². The van der Waals surface area contributed by atoms with Crippen molar-refractivity contribution in [2.45, 2.75) is 0 Å². The van der Waals surface area contributed by atoms with Crippen LogP contribution in [0.3, 0.4) is 0 Å². The van der Waals surface area contributed by atoms with Gasteiger partial charge in [-0.05, 0) is 35.7 Å². The SMILES string of the molecule is Clc1ccccc1Nc1nccc(-c2cc3ccccc3s2)n1. The van der Waals surface area contributed by atoms with Crippen LogP contribution in [-0.2, 0) is 0 Å². The fraction of sp³-hybridized carbons (Fsp3) is 0. The monoisotopic (exact) mass is 337 g/mol. The number of aromatic nitrogens is 2. The van der Waals surface area contributed by atoms with Gasteiger partial charge in [0.25, 0.3) is 0 Å². The summed E-state index contributed by atoms with van der Waals surface area (Å²) in [5.41, 5.74) is 1.69. The van der Waals surface area contributed by atoms with Gasteiger partial charge in [-0.3, -0.25) is 0 Å². The minimum Gasteiger partial charge on any atom is -0.323 e. The summed E-state index contributed by atoms with van der Waals surface area (Å²) >= 11 is 7.89. The van der Waals surface area contributed by atoms with Crippen molar-refractivity contribution >= 4 is 44.7 Å². The number of nitrogens with one attached hydrogen (secondary N) is 1. The highest BCUT2D eigenvalue weighted by atomic mass is 35.5. The average Bonchev–Trinajstić information content (AvgIpc) is 3.01. The quantitative estimate of drug-likeness (QED) is 0.516. The summed E-state index contributed by atoms with van der Waals surface area (Å²) < 4.78 is 1.25. The standard InChI is InChI=1S/C18H12ClN3S/c19-13-6-2-3-7-14(13)21-18-20-10-9-15(22-18)17-11-12-5-1-4-8-16(12)23-17/h1-11H,(H,20,21,22). The molecular formula is C18H12ClN3S. The molecule has 2 heterocycles. The van der Waals surface area contributed by atoms with Crippen molar-refractivity contribution in [1.82, 2.24) is 9.97 Å². The Morgan fingerprint density at radius 1 is 0.957 bits per heavy atom. The van der Waals surface area contributed by atoms with Crippen molar-refractivity contribution in [2.24, 2.45) is 0 Å². The Morgan fingerprint density at radius 3 is 2.65 bits per heavy atom. The summed E-state index contributed by atoms with van der Waals surface area (Å²) in [6.45, 7) is 0. The predicted molar refractivity (Wildman–Crippen MR) is 97.6 cm³/mol. The molecule has 2 aromatic carbocycles. The smallest absolute Gasteiger partial charge is 0.227 e. The summed E-state index contributed by atoms with van der Waals surface area (Å²) in [6, 6.07) is 19.9. The molecule has 23 heavy (non-hydrogen) atoms. The van der Waals surface area contributed by atoms with E-state index < -0.39 is 0 Å². The van der Waals surface area contributed by atoms with Crippen molar-refractivity contribution in [3.05, 3.63) is 71.9 Å². The molecule has 0 aliphatic rings. The molecule has 0 saturated heterocycles. The van der Waals surface area contributed by atoms with E-state index >= 15 is 0 Å². The summed E-state index contributed by atoms with van der Waals surface area (Å²) in [7, 11) is 0. The zero-order chi connectivity index (χ0) is 15.6. The second kappa shape index (κ2) is 5.99. The number of benzene rings is 2. The number of hydrogen-bond acceptors (Lipinski definition) is 4. The highest BCUT2D eigenvalue weighted by Crippen LogP contribution is 2.33. The fourth-order valence-corrected chi connectivity index (χ4v) is 3.56. The topological polar surface area (TPSA) is 37.8 Å². The number of rotatable bonds is 3. The Balaban J connectivity index is 1.69. The van der Waals surface area contributed by atoms with Crippen molar-refractivity contribution in [1.29, 1.82) is 0 Å². The van der Waals surface area contributed by atoms with Crippen LogP contribution in [0.15, 0.2) is 66.9 Å². The van der Waals surface area contributed by atoms with Gasteiger partial charge in [0.2, 0.25) is 5.95 Å². The summed E-state index contributed by atoms with van der Waals surface area (Å²) in [6.07, 6.45) is 1.76. The number of para-hydroxylation sites is 1. The Hall–Kier alpha value is -2.43. The van der Waals surface area contributed by atoms with Crippen LogP contribution >= 0.6 is 22.9 Å². The third-order valence-corrected chi connectivity index (χ3v) is 4.92. The molecule has 4 rings (SSSR count). The molecule has 2 aromatic heterocycles. The van der Waals surface area contributed by atoms with Crippen LogP contribution in [-0.4, -0.2) is 9.97 Å². The van der Waals surface area contributed by atoms with Crippen LogP contribution in [0, 0.1) is 0 Å². The molecule has 1 N–H and O–H groups in total. The molecule has 0 bridgehead atoms. The second-order valence-electron chi connectivity index (χ2n) is 5.02. The Kier molecular flexibility index (Phi) is 3.69. The van der Waals surface area contributed by atoms with E-state index in [2.05, 4.69) is 33.5 Å². The van der Waals surface area contributed by atoms with Gasteiger partial charge in [0.05, 0.1) is 21.3 Å². The molecule has 0 fully saturated rings. The van der Waals surface area contributed by atoms with Crippen LogP contribution in [0.2, 0.25) is 5.02 Å². The van der Waals surface area contributed by atoms with Gasteiger partial charge in [0.1, 0.15) is 0 Å². The van der Waals surface area contributed by atoms with Gasteiger partial charge in [0.15, 0.2) is 0 Å². The number of thiophene rings is 1. The van der Waals surface area contributed by atoms with Crippen LogP contribution in [0.4, 0.5) is 11.6 Å². The lowest BCUT2D eigenvalue weighted by Gasteiger charge is -2.07. The molecule has 0 aliphatic heterocycles. The van der Waals surface area contributed by atoms with E-state index in [9.17, 15) is 0 Å². The van der Waals surface area contributed by atoms with E-state index in [-0.39, 0.29) is 0 Å². The lowest BCUT2D eigenvalue weighted by Crippen LogP contribution is -1.97. The third kappa shape index (κ3) is 2.91. The lowest BCUT2D eigenvalue weighted by atomic mass is 10.2. The van der Waals surface area contributed by atoms with Gasteiger partial charge >= 0.3 is 0 Å². The van der Waals surface area contributed by atoms with Gasteiger partial charge in [-0.1, -0.05) is 41.9 Å². The first-order chi connectivity index (χ1) is 11.3. The number of hydrogen-bond donors (Lipinski definition) is 1. The molecule has 3 nitrogen and oxygen atoms in total. The Bertz CT molecular complexity index is 948. The number of fused-ring (bicyclic) bond motifs is 1. The van der Waals surface area contributed by atoms with Crippen molar-refractivity contribution < 1.29 is 0 Å². The molecule has 0 unspecified atom stereocenters. The highest BCUT2D eigenvalue weighted by Gasteiger charge is 2.08. The summed E-state index contributed by atoms with van der Waals surface area (Å²) in [5.74, 6) is 0.535. The van der Waals surface area contributed by atoms with Crippen LogP contribution < -0.4 is 5.32 Å². The fourth-order valence-electron chi connectivity index (χ4n) is 2.35. The Morgan fingerprint density at radius 2 is 1.78 bits per heavy atom. The third-order valence-electron chi connectivity index (χ3n) is 3.45. The van der Waals surface area contributed by atoms with Gasteiger partial charge < -0.3 is 5.32 Å². The van der Waals surface area contributed by atoms with Gasteiger partial charge in [-0.2, -0.15) is 0 Å². The van der Waals surface area contributed by atoms with Gasteiger partial charge in [-0.15, -0.1) is 11.3 Å². The van der Waals surface area contributed by atoms with Crippen LogP contribution in [0.25, 0.3) is 20.7 Å². The molecule has 0 radical (unpaired) electrons. The molecule has 4 aromatic rings. The number of nitrogens with zero attached hydrogens (tertiary/aromatic N) is 2. The molecule has 0 atom stereocenters. The van der Waals surface area contributed by atoms with Gasteiger partial charge in [0, 0.05) is 10.9 Å². The predicted octanol–water partition coefficient (Wildman–Crippen LogP) is 5.76. The second-order valence-corrected chi connectivity index (χ2v) is 6.51. The minimum atomic E-state index is 0.535. The normalized spacial score (nSPS) is 10.8. The first-order valence-corrected chi connectivity index (χ1v) is 8.32.